The molecular weight excluding hydrogens is 503 g/mol. The molecule has 0 unspecified atom stereocenters. The highest BCUT2D eigenvalue weighted by Crippen LogP contribution is 2.28. The molecule has 0 saturated carbocycles. The van der Waals surface area contributed by atoms with Gasteiger partial charge in [-0.3, -0.25) is 9.25 Å². The summed E-state index contributed by atoms with van der Waals surface area (Å²) >= 11 is 0. The molecule has 13 heteroatoms. The summed E-state index contributed by atoms with van der Waals surface area (Å²) in [7, 11) is 0. The van der Waals surface area contributed by atoms with Gasteiger partial charge in [0, 0.05) is 36.2 Å². The summed E-state index contributed by atoms with van der Waals surface area (Å²) in [6.45, 7) is -0.589. The van der Waals surface area contributed by atoms with Crippen LogP contribution in [0.15, 0.2) is 61.2 Å². The number of carbonyl (C=O) groups excluding carboxylic acids is 2. The first-order valence-electron chi connectivity index (χ1n) is 11.9. The maximum Gasteiger partial charge on any atom is 0.405 e. The van der Waals surface area contributed by atoms with E-state index in [0.29, 0.717) is 37.3 Å². The van der Waals surface area contributed by atoms with E-state index in [1.165, 1.54) is 4.90 Å². The molecule has 0 aliphatic carbocycles. The van der Waals surface area contributed by atoms with Gasteiger partial charge in [-0.2, -0.15) is 18.3 Å². The molecule has 1 aliphatic heterocycles. The van der Waals surface area contributed by atoms with Gasteiger partial charge >= 0.3 is 12.2 Å². The second-order valence-corrected chi connectivity index (χ2v) is 8.98. The second kappa shape index (κ2) is 10.1. The average Bonchev–Trinajstić information content (AvgIpc) is 3.55. The van der Waals surface area contributed by atoms with Crippen LogP contribution in [0.5, 0.6) is 0 Å². The van der Waals surface area contributed by atoms with Crippen molar-refractivity contribution in [2.75, 3.05) is 25.0 Å². The second-order valence-electron chi connectivity index (χ2n) is 8.98. The number of imidazole rings is 1. The van der Waals surface area contributed by atoms with Crippen molar-refractivity contribution in [2.24, 2.45) is 0 Å². The number of hydrogen-bond acceptors (Lipinski definition) is 5. The normalized spacial score (nSPS) is 14.6. The van der Waals surface area contributed by atoms with E-state index in [1.807, 2.05) is 33.6 Å². The molecule has 3 heterocycles. The predicted octanol–water partition coefficient (Wildman–Crippen LogP) is 3.55. The average molecular weight is 526 g/mol. The molecule has 2 aromatic heterocycles. The van der Waals surface area contributed by atoms with Crippen LogP contribution in [-0.2, 0) is 0 Å². The van der Waals surface area contributed by atoms with Crippen molar-refractivity contribution in [3.8, 4) is 16.8 Å². The van der Waals surface area contributed by atoms with E-state index in [1.54, 1.807) is 42.1 Å². The number of aromatic nitrogens is 4. The Morgan fingerprint density at radius 1 is 1.08 bits per heavy atom. The van der Waals surface area contributed by atoms with E-state index in [0.717, 1.165) is 22.2 Å². The molecule has 38 heavy (non-hydrogen) atoms. The van der Waals surface area contributed by atoms with Crippen LogP contribution in [0.4, 0.5) is 28.4 Å². The lowest BCUT2D eigenvalue weighted by atomic mass is 10.1. The Morgan fingerprint density at radius 3 is 2.61 bits per heavy atom. The van der Waals surface area contributed by atoms with Gasteiger partial charge in [-0.25, -0.2) is 9.78 Å². The summed E-state index contributed by atoms with van der Waals surface area (Å²) in [6.07, 6.45) is 1.02. The largest absolute Gasteiger partial charge is 0.530 e. The van der Waals surface area contributed by atoms with Gasteiger partial charge in [0.2, 0.25) is 0 Å². The standard InChI is InChI=1S/C25H24F3N7O3/c26-25(27,28)14-29-23(36)32-18-2-1-3-20(11-18)34-15-30-21-10-16(4-5-22(21)34)17-12-31-35(13-17)19-6-8-33(9-7-19)24(37)38/h1-5,10-13,15,19H,6-9,14H2,(H,37,38)(H2,29,32,36)/p-1. The molecule has 2 aromatic carbocycles. The number of carbonyl (C=O) groups is 2. The van der Waals surface area contributed by atoms with Crippen molar-refractivity contribution in [1.82, 2.24) is 29.5 Å². The lowest BCUT2D eigenvalue weighted by Crippen LogP contribution is -2.45. The van der Waals surface area contributed by atoms with Gasteiger partial charge in [0.15, 0.2) is 0 Å². The number of urea groups is 1. The molecule has 198 valence electrons. The molecular formula is C25H23F3N7O3-. The first kappa shape index (κ1) is 25.1. The maximum absolute atomic E-state index is 12.3. The Labute approximate surface area is 214 Å². The van der Waals surface area contributed by atoms with Crippen LogP contribution in [0, 0.1) is 0 Å². The number of carboxylic acid groups (broad SMARTS) is 1. The summed E-state index contributed by atoms with van der Waals surface area (Å²) in [5.41, 5.74) is 4.34. The molecule has 1 fully saturated rings. The van der Waals surface area contributed by atoms with Crippen LogP contribution in [0.1, 0.15) is 18.9 Å². The summed E-state index contributed by atoms with van der Waals surface area (Å²) in [5.74, 6) is 0. The van der Waals surface area contributed by atoms with E-state index in [9.17, 15) is 27.9 Å². The minimum Gasteiger partial charge on any atom is -0.530 e. The van der Waals surface area contributed by atoms with Crippen LogP contribution < -0.4 is 15.7 Å². The van der Waals surface area contributed by atoms with E-state index in [4.69, 9.17) is 0 Å². The number of piperidine rings is 1. The van der Waals surface area contributed by atoms with Crippen LogP contribution in [-0.4, -0.2) is 62.2 Å². The Hall–Kier alpha value is -4.55. The summed E-state index contributed by atoms with van der Waals surface area (Å²) in [5, 5.41) is 19.7. The highest BCUT2D eigenvalue weighted by atomic mass is 19.4. The van der Waals surface area contributed by atoms with Crippen molar-refractivity contribution in [3.63, 3.8) is 0 Å². The lowest BCUT2D eigenvalue weighted by molar-refractivity contribution is -0.266. The molecule has 0 radical (unpaired) electrons. The molecule has 0 spiro atoms. The fraction of sp³-hybridized carbons (Fsp3) is 0.280. The van der Waals surface area contributed by atoms with Gasteiger partial charge in [0.1, 0.15) is 19.0 Å². The van der Waals surface area contributed by atoms with Gasteiger partial charge in [-0.15, -0.1) is 0 Å². The number of fused-ring (bicyclic) bond motifs is 1. The monoisotopic (exact) mass is 526 g/mol. The molecule has 0 bridgehead atoms. The van der Waals surface area contributed by atoms with Crippen molar-refractivity contribution >= 4 is 28.8 Å². The van der Waals surface area contributed by atoms with Crippen molar-refractivity contribution in [2.45, 2.75) is 25.1 Å². The van der Waals surface area contributed by atoms with Crippen molar-refractivity contribution in [3.05, 3.63) is 61.2 Å². The third-order valence-corrected chi connectivity index (χ3v) is 6.41. The number of anilines is 1. The number of nitrogens with zero attached hydrogens (tertiary/aromatic N) is 5. The number of rotatable bonds is 5. The Balaban J connectivity index is 1.30. The molecule has 0 atom stereocenters. The quantitative estimate of drug-likeness (QED) is 0.412. The predicted molar refractivity (Wildman–Crippen MR) is 131 cm³/mol. The first-order chi connectivity index (χ1) is 18.2. The lowest BCUT2D eigenvalue weighted by Gasteiger charge is -2.33. The topological polar surface area (TPSA) is 120 Å². The van der Waals surface area contributed by atoms with Crippen LogP contribution in [0.3, 0.4) is 0 Å². The number of halogens is 3. The number of likely N-dealkylation sites (tertiary alicyclic amines) is 1. The Kier molecular flexibility index (Phi) is 6.66. The number of nitrogens with one attached hydrogen (secondary N) is 2. The van der Waals surface area contributed by atoms with E-state index in [2.05, 4.69) is 15.4 Å². The van der Waals surface area contributed by atoms with Crippen molar-refractivity contribution in [1.29, 1.82) is 0 Å². The molecule has 4 aromatic rings. The van der Waals surface area contributed by atoms with Gasteiger partial charge < -0.3 is 25.4 Å². The van der Waals surface area contributed by atoms with Gasteiger partial charge in [-0.05, 0) is 48.7 Å². The summed E-state index contributed by atoms with van der Waals surface area (Å²) in [6, 6.07) is 11.6. The van der Waals surface area contributed by atoms with E-state index >= 15 is 0 Å². The molecule has 2 N–H and O–H groups in total. The molecule has 1 saturated heterocycles. The zero-order valence-corrected chi connectivity index (χ0v) is 20.0. The number of alkyl halides is 3. The molecule has 1 aliphatic rings. The Bertz CT molecular complexity index is 1470. The van der Waals surface area contributed by atoms with E-state index < -0.39 is 24.8 Å². The third-order valence-electron chi connectivity index (χ3n) is 6.41. The smallest absolute Gasteiger partial charge is 0.405 e. The van der Waals surface area contributed by atoms with Gasteiger partial charge in [0.05, 0.1) is 23.3 Å². The SMILES string of the molecule is O=C(NCC(F)(F)F)Nc1cccc(-n2cnc3cc(-c4cnn(C5CCN(C(=O)[O-])CC5)c4)ccc32)c1. The van der Waals surface area contributed by atoms with Crippen LogP contribution in [0.2, 0.25) is 0 Å². The van der Waals surface area contributed by atoms with E-state index in [-0.39, 0.29) is 6.04 Å². The molecule has 3 amide bonds. The minimum atomic E-state index is -4.50. The number of hydrogen-bond donors (Lipinski definition) is 2. The third kappa shape index (κ3) is 5.56. The number of benzene rings is 2. The summed E-state index contributed by atoms with van der Waals surface area (Å²) in [4.78, 5) is 28.6. The Morgan fingerprint density at radius 2 is 1.87 bits per heavy atom. The van der Waals surface area contributed by atoms with Gasteiger partial charge in [0.25, 0.3) is 0 Å². The zero-order valence-electron chi connectivity index (χ0n) is 20.0. The van der Waals surface area contributed by atoms with Gasteiger partial charge in [-0.1, -0.05) is 12.1 Å². The van der Waals surface area contributed by atoms with Crippen LogP contribution >= 0.6 is 0 Å². The fourth-order valence-corrected chi connectivity index (χ4v) is 4.49. The highest BCUT2D eigenvalue weighted by Gasteiger charge is 2.27. The summed E-state index contributed by atoms with van der Waals surface area (Å²) < 4.78 is 40.7. The minimum absolute atomic E-state index is 0.110. The molecule has 5 rings (SSSR count). The zero-order chi connectivity index (χ0) is 26.9. The number of amides is 3. The van der Waals surface area contributed by atoms with Crippen molar-refractivity contribution < 1.29 is 27.9 Å². The maximum atomic E-state index is 12.3. The molecule has 10 nitrogen and oxygen atoms in total. The first-order valence-corrected chi connectivity index (χ1v) is 11.9. The highest BCUT2D eigenvalue weighted by molar-refractivity contribution is 5.90. The van der Waals surface area contributed by atoms with Crippen LogP contribution in [0.25, 0.3) is 27.8 Å². The fourth-order valence-electron chi connectivity index (χ4n) is 4.49.